The summed E-state index contributed by atoms with van der Waals surface area (Å²) in [6.45, 7) is 4.46. The third kappa shape index (κ3) is 3.94. The van der Waals surface area contributed by atoms with Crippen molar-refractivity contribution in [1.82, 2.24) is 0 Å². The second-order valence-corrected chi connectivity index (χ2v) is 8.92. The summed E-state index contributed by atoms with van der Waals surface area (Å²) < 4.78 is 0. The van der Waals surface area contributed by atoms with Gasteiger partial charge in [-0.25, -0.2) is 0 Å². The number of thiophene rings is 1. The Hall–Kier alpha value is -2.12. The zero-order valence-electron chi connectivity index (χ0n) is 16.4. The summed E-state index contributed by atoms with van der Waals surface area (Å²) in [6.07, 6.45) is 11.2. The zero-order chi connectivity index (χ0) is 18.6. The van der Waals surface area contributed by atoms with Crippen molar-refractivity contribution in [2.45, 2.75) is 51.9 Å². The van der Waals surface area contributed by atoms with Gasteiger partial charge < -0.3 is 0 Å². The van der Waals surface area contributed by atoms with Gasteiger partial charge in [0, 0.05) is 15.7 Å². The summed E-state index contributed by atoms with van der Waals surface area (Å²) in [4.78, 5) is 2.83. The van der Waals surface area contributed by atoms with Gasteiger partial charge >= 0.3 is 0 Å². The van der Waals surface area contributed by atoms with Crippen LogP contribution >= 0.6 is 11.3 Å². The van der Waals surface area contributed by atoms with Crippen molar-refractivity contribution in [3.05, 3.63) is 87.1 Å². The molecule has 1 unspecified atom stereocenters. The Labute approximate surface area is 167 Å². The molecule has 3 aromatic rings. The molecule has 1 heterocycles. The highest BCUT2D eigenvalue weighted by atomic mass is 32.1. The molecule has 0 radical (unpaired) electrons. The fourth-order valence-electron chi connectivity index (χ4n) is 4.06. The third-order valence-electron chi connectivity index (χ3n) is 5.58. The molecule has 0 saturated heterocycles. The number of unbranched alkanes of at least 4 members (excludes halogenated alkanes) is 3. The van der Waals surface area contributed by atoms with Gasteiger partial charge in [0.15, 0.2) is 0 Å². The normalized spacial score (nSPS) is 15.3. The highest BCUT2D eigenvalue weighted by Crippen LogP contribution is 2.42. The molecule has 0 N–H and O–H groups in total. The summed E-state index contributed by atoms with van der Waals surface area (Å²) in [5, 5.41) is 0. The highest BCUT2D eigenvalue weighted by Gasteiger charge is 2.22. The maximum atomic E-state index is 2.36. The molecule has 1 aromatic heterocycles. The molecule has 27 heavy (non-hydrogen) atoms. The van der Waals surface area contributed by atoms with E-state index in [1.807, 2.05) is 11.3 Å². The molecule has 0 aliphatic heterocycles. The van der Waals surface area contributed by atoms with E-state index in [0.717, 1.165) is 0 Å². The number of aryl methyl sites for hydroxylation is 2. The van der Waals surface area contributed by atoms with Crippen LogP contribution in [0.15, 0.2) is 60.7 Å². The predicted molar refractivity (Wildman–Crippen MR) is 120 cm³/mol. The van der Waals surface area contributed by atoms with E-state index < -0.39 is 0 Å². The summed E-state index contributed by atoms with van der Waals surface area (Å²) in [5.41, 5.74) is 6.99. The Bertz CT molecular complexity index is 927. The fourth-order valence-corrected chi connectivity index (χ4v) is 5.04. The van der Waals surface area contributed by atoms with E-state index in [0.29, 0.717) is 5.92 Å². The Morgan fingerprint density at radius 3 is 2.48 bits per heavy atom. The van der Waals surface area contributed by atoms with Gasteiger partial charge in [-0.2, -0.15) is 0 Å². The van der Waals surface area contributed by atoms with Crippen LogP contribution in [0.25, 0.3) is 17.2 Å². The van der Waals surface area contributed by atoms with Gasteiger partial charge in [-0.15, -0.1) is 11.3 Å². The number of benzene rings is 2. The van der Waals surface area contributed by atoms with Crippen molar-refractivity contribution in [2.75, 3.05) is 0 Å². The average Bonchev–Trinajstić information content (AvgIpc) is 3.31. The van der Waals surface area contributed by atoms with E-state index in [-0.39, 0.29) is 0 Å². The second kappa shape index (κ2) is 8.27. The standard InChI is InChI=1S/C26H28S/c1-3-4-5-6-8-20-12-14-21(15-13-20)22-9-7-10-23-24(22)16-17-25(23)26-18-11-19(2)27-26/h7,9-18,25H,3-6,8H2,1-2H3. The maximum Gasteiger partial charge on any atom is 0.0373 e. The second-order valence-electron chi connectivity index (χ2n) is 7.60. The first kappa shape index (κ1) is 18.3. The van der Waals surface area contributed by atoms with Crippen molar-refractivity contribution in [3.8, 4) is 11.1 Å². The van der Waals surface area contributed by atoms with Gasteiger partial charge in [0.05, 0.1) is 0 Å². The molecule has 1 aliphatic rings. The Kier molecular flexibility index (Phi) is 5.59. The van der Waals surface area contributed by atoms with Crippen LogP contribution in [-0.4, -0.2) is 0 Å². The number of hydrogen-bond acceptors (Lipinski definition) is 1. The Morgan fingerprint density at radius 2 is 1.74 bits per heavy atom. The molecular formula is C26H28S. The first-order chi connectivity index (χ1) is 13.3. The number of allylic oxidation sites excluding steroid dienone is 1. The molecule has 0 bridgehead atoms. The Morgan fingerprint density at radius 1 is 0.889 bits per heavy atom. The van der Waals surface area contributed by atoms with Crippen LogP contribution in [0, 0.1) is 6.92 Å². The molecule has 4 rings (SSSR count). The minimum absolute atomic E-state index is 0.413. The van der Waals surface area contributed by atoms with Gasteiger partial charge in [0.2, 0.25) is 0 Å². The molecule has 138 valence electrons. The summed E-state index contributed by atoms with van der Waals surface area (Å²) in [5.74, 6) is 0.413. The SMILES string of the molecule is CCCCCCc1ccc(-c2cccc3c2C=CC3c2ccc(C)s2)cc1. The fraction of sp³-hybridized carbons (Fsp3) is 0.308. The molecule has 1 aliphatic carbocycles. The van der Waals surface area contributed by atoms with Crippen molar-refractivity contribution < 1.29 is 0 Å². The van der Waals surface area contributed by atoms with Crippen LogP contribution < -0.4 is 0 Å². The van der Waals surface area contributed by atoms with Gasteiger partial charge in [-0.3, -0.25) is 0 Å². The highest BCUT2D eigenvalue weighted by molar-refractivity contribution is 7.12. The van der Waals surface area contributed by atoms with Crippen LogP contribution in [0.2, 0.25) is 0 Å². The molecule has 0 amide bonds. The monoisotopic (exact) mass is 372 g/mol. The van der Waals surface area contributed by atoms with Crippen LogP contribution in [0.1, 0.15) is 65.0 Å². The molecular weight excluding hydrogens is 344 g/mol. The molecule has 1 heteroatoms. The smallest absolute Gasteiger partial charge is 0.0373 e. The van der Waals surface area contributed by atoms with Gasteiger partial charge in [-0.05, 0) is 59.7 Å². The summed E-state index contributed by atoms with van der Waals surface area (Å²) >= 11 is 1.91. The van der Waals surface area contributed by atoms with Crippen molar-refractivity contribution in [1.29, 1.82) is 0 Å². The van der Waals surface area contributed by atoms with E-state index in [1.54, 1.807) is 0 Å². The maximum absolute atomic E-state index is 2.36. The predicted octanol–water partition coefficient (Wildman–Crippen LogP) is 8.01. The quantitative estimate of drug-likeness (QED) is 0.368. The molecule has 1 atom stereocenters. The van der Waals surface area contributed by atoms with Crippen LogP contribution in [0.5, 0.6) is 0 Å². The van der Waals surface area contributed by atoms with Crippen molar-refractivity contribution in [3.63, 3.8) is 0 Å². The molecule has 0 fully saturated rings. The molecule has 0 spiro atoms. The first-order valence-electron chi connectivity index (χ1n) is 10.2. The van der Waals surface area contributed by atoms with Crippen LogP contribution in [0.4, 0.5) is 0 Å². The lowest BCUT2D eigenvalue weighted by atomic mass is 9.92. The lowest BCUT2D eigenvalue weighted by Crippen LogP contribution is -1.94. The number of fused-ring (bicyclic) bond motifs is 1. The molecule has 0 nitrogen and oxygen atoms in total. The summed E-state index contributed by atoms with van der Waals surface area (Å²) in [6, 6.07) is 20.5. The largest absolute Gasteiger partial charge is 0.145 e. The van der Waals surface area contributed by atoms with Gasteiger partial charge in [0.1, 0.15) is 0 Å². The van der Waals surface area contributed by atoms with Gasteiger partial charge in [0.25, 0.3) is 0 Å². The lowest BCUT2D eigenvalue weighted by molar-refractivity contribution is 0.667. The number of rotatable bonds is 7. The molecule has 2 aromatic carbocycles. The lowest BCUT2D eigenvalue weighted by Gasteiger charge is -2.13. The van der Waals surface area contributed by atoms with E-state index >= 15 is 0 Å². The minimum atomic E-state index is 0.413. The molecule has 0 saturated carbocycles. The van der Waals surface area contributed by atoms with Gasteiger partial charge in [-0.1, -0.05) is 80.8 Å². The topological polar surface area (TPSA) is 0 Å². The third-order valence-corrected chi connectivity index (χ3v) is 6.67. The Balaban J connectivity index is 1.55. The van der Waals surface area contributed by atoms with E-state index in [4.69, 9.17) is 0 Å². The van der Waals surface area contributed by atoms with E-state index in [1.165, 1.54) is 69.7 Å². The summed E-state index contributed by atoms with van der Waals surface area (Å²) in [7, 11) is 0. The minimum Gasteiger partial charge on any atom is -0.145 e. The van der Waals surface area contributed by atoms with Crippen LogP contribution in [-0.2, 0) is 6.42 Å². The first-order valence-corrected chi connectivity index (χ1v) is 11.0. The van der Waals surface area contributed by atoms with E-state index in [2.05, 4.69) is 80.6 Å². The van der Waals surface area contributed by atoms with E-state index in [9.17, 15) is 0 Å². The number of hydrogen-bond donors (Lipinski definition) is 0. The average molecular weight is 373 g/mol. The van der Waals surface area contributed by atoms with Crippen molar-refractivity contribution >= 4 is 17.4 Å². The zero-order valence-corrected chi connectivity index (χ0v) is 17.2. The van der Waals surface area contributed by atoms with Crippen LogP contribution in [0.3, 0.4) is 0 Å². The van der Waals surface area contributed by atoms with Crippen molar-refractivity contribution in [2.24, 2.45) is 0 Å².